The van der Waals surface area contributed by atoms with Crippen LogP contribution in [0.2, 0.25) is 0 Å². The van der Waals surface area contributed by atoms with Gasteiger partial charge in [0.2, 0.25) is 0 Å². The Kier molecular flexibility index (Phi) is 4.11. The van der Waals surface area contributed by atoms with Crippen molar-refractivity contribution >= 4 is 45.2 Å². The maximum absolute atomic E-state index is 12.2. The molecule has 1 amide bonds. The second kappa shape index (κ2) is 6.62. The van der Waals surface area contributed by atoms with Crippen molar-refractivity contribution < 1.29 is 14.7 Å². The average molecular weight is 376 g/mol. The first kappa shape index (κ1) is 17.4. The highest BCUT2D eigenvalue weighted by Gasteiger charge is 2.20. The van der Waals surface area contributed by atoms with Gasteiger partial charge >= 0.3 is 5.97 Å². The molecular formula is C19H16N6O3. The Morgan fingerprint density at radius 3 is 2.79 bits per heavy atom. The minimum absolute atomic E-state index is 0.0729. The fourth-order valence-corrected chi connectivity index (χ4v) is 2.98. The number of aromatic nitrogens is 4. The van der Waals surface area contributed by atoms with Gasteiger partial charge in [0.1, 0.15) is 11.3 Å². The summed E-state index contributed by atoms with van der Waals surface area (Å²) in [7, 11) is 3.35. The number of hydrogen-bond donors (Lipinski definition) is 3. The first-order valence-electron chi connectivity index (χ1n) is 8.39. The highest BCUT2D eigenvalue weighted by Crippen LogP contribution is 2.31. The molecule has 0 spiro atoms. The van der Waals surface area contributed by atoms with Gasteiger partial charge in [0.25, 0.3) is 5.91 Å². The van der Waals surface area contributed by atoms with Gasteiger partial charge in [-0.2, -0.15) is 5.10 Å². The molecule has 0 bridgehead atoms. The number of nitrogens with one attached hydrogen (secondary N) is 2. The van der Waals surface area contributed by atoms with Crippen LogP contribution >= 0.6 is 0 Å². The quantitative estimate of drug-likeness (QED) is 0.500. The SMILES string of the molecule is CN(C)C(=O)c1cccc(Nc2nc3ccncc3c3n[nH]c(C(=O)O)c23)c1. The van der Waals surface area contributed by atoms with Gasteiger partial charge < -0.3 is 15.3 Å². The van der Waals surface area contributed by atoms with E-state index in [2.05, 4.69) is 25.5 Å². The van der Waals surface area contributed by atoms with Gasteiger partial charge in [-0.05, 0) is 24.3 Å². The zero-order valence-electron chi connectivity index (χ0n) is 15.1. The molecule has 0 fully saturated rings. The number of carboxylic acid groups (broad SMARTS) is 1. The summed E-state index contributed by atoms with van der Waals surface area (Å²) >= 11 is 0. The van der Waals surface area contributed by atoms with Crippen molar-refractivity contribution in [1.29, 1.82) is 0 Å². The molecule has 0 aliphatic heterocycles. The van der Waals surface area contributed by atoms with Gasteiger partial charge in [-0.15, -0.1) is 0 Å². The number of aromatic amines is 1. The minimum Gasteiger partial charge on any atom is -0.477 e. The van der Waals surface area contributed by atoms with E-state index in [1.807, 2.05) is 0 Å². The summed E-state index contributed by atoms with van der Waals surface area (Å²) in [4.78, 5) is 34.0. The number of pyridine rings is 2. The number of nitrogens with zero attached hydrogens (tertiary/aromatic N) is 4. The molecule has 3 N–H and O–H groups in total. The van der Waals surface area contributed by atoms with Crippen LogP contribution in [-0.4, -0.2) is 56.1 Å². The molecule has 0 unspecified atom stereocenters. The predicted octanol–water partition coefficient (Wildman–Crippen LogP) is 2.65. The van der Waals surface area contributed by atoms with E-state index < -0.39 is 5.97 Å². The molecule has 4 rings (SSSR count). The normalized spacial score (nSPS) is 10.9. The van der Waals surface area contributed by atoms with Crippen molar-refractivity contribution in [1.82, 2.24) is 25.1 Å². The predicted molar refractivity (Wildman–Crippen MR) is 104 cm³/mol. The Bertz CT molecular complexity index is 1230. The second-order valence-electron chi connectivity index (χ2n) is 6.39. The maximum Gasteiger partial charge on any atom is 0.354 e. The molecule has 3 heterocycles. The zero-order valence-corrected chi connectivity index (χ0v) is 15.1. The Labute approximate surface area is 159 Å². The van der Waals surface area contributed by atoms with E-state index in [1.165, 1.54) is 4.90 Å². The summed E-state index contributed by atoms with van der Waals surface area (Å²) in [5.41, 5.74) is 2.11. The summed E-state index contributed by atoms with van der Waals surface area (Å²) in [6, 6.07) is 8.64. The van der Waals surface area contributed by atoms with Crippen molar-refractivity contribution in [2.75, 3.05) is 19.4 Å². The molecule has 0 aliphatic carbocycles. The van der Waals surface area contributed by atoms with Crippen LogP contribution in [0.25, 0.3) is 21.8 Å². The number of carbonyl (C=O) groups is 2. The number of carboxylic acids is 1. The van der Waals surface area contributed by atoms with E-state index in [0.29, 0.717) is 38.9 Å². The van der Waals surface area contributed by atoms with E-state index in [9.17, 15) is 14.7 Å². The molecule has 28 heavy (non-hydrogen) atoms. The molecule has 140 valence electrons. The number of carbonyl (C=O) groups excluding carboxylic acids is 1. The topological polar surface area (TPSA) is 124 Å². The maximum atomic E-state index is 12.2. The van der Waals surface area contributed by atoms with E-state index in [0.717, 1.165) is 0 Å². The smallest absolute Gasteiger partial charge is 0.354 e. The van der Waals surface area contributed by atoms with Crippen LogP contribution in [-0.2, 0) is 0 Å². The van der Waals surface area contributed by atoms with Crippen LogP contribution < -0.4 is 5.32 Å². The second-order valence-corrected chi connectivity index (χ2v) is 6.39. The highest BCUT2D eigenvalue weighted by molar-refractivity contribution is 6.15. The zero-order chi connectivity index (χ0) is 19.8. The molecular weight excluding hydrogens is 360 g/mol. The molecule has 1 aromatic carbocycles. The number of amides is 1. The van der Waals surface area contributed by atoms with Crippen molar-refractivity contribution in [3.8, 4) is 0 Å². The lowest BCUT2D eigenvalue weighted by Gasteiger charge is -2.13. The van der Waals surface area contributed by atoms with Gasteiger partial charge in [-0.3, -0.25) is 14.9 Å². The highest BCUT2D eigenvalue weighted by atomic mass is 16.4. The van der Waals surface area contributed by atoms with Crippen LogP contribution in [0.15, 0.2) is 42.7 Å². The summed E-state index contributed by atoms with van der Waals surface area (Å²) in [5.74, 6) is -0.956. The lowest BCUT2D eigenvalue weighted by atomic mass is 10.1. The van der Waals surface area contributed by atoms with Crippen LogP contribution in [0.4, 0.5) is 11.5 Å². The molecule has 9 heteroatoms. The summed E-state index contributed by atoms with van der Waals surface area (Å²) in [5, 5.41) is 20.3. The van der Waals surface area contributed by atoms with E-state index in [1.54, 1.807) is 56.8 Å². The van der Waals surface area contributed by atoms with E-state index in [4.69, 9.17) is 0 Å². The standard InChI is InChI=1S/C19H16N6O3/c1-25(2)18(26)10-4-3-5-11(8-10)21-17-14-15(23-24-16(14)19(27)28)12-9-20-7-6-13(12)22-17/h3-9H,1-2H3,(H,21,22)(H,23,24)(H,27,28). The monoisotopic (exact) mass is 376 g/mol. The van der Waals surface area contributed by atoms with E-state index in [-0.39, 0.29) is 11.6 Å². The number of fused-ring (bicyclic) bond motifs is 3. The fourth-order valence-electron chi connectivity index (χ4n) is 2.98. The lowest BCUT2D eigenvalue weighted by molar-refractivity contribution is 0.0692. The summed E-state index contributed by atoms with van der Waals surface area (Å²) in [6.07, 6.45) is 3.20. The number of H-pyrrole nitrogens is 1. The molecule has 0 aliphatic rings. The Morgan fingerprint density at radius 2 is 2.04 bits per heavy atom. The molecule has 9 nitrogen and oxygen atoms in total. The van der Waals surface area contributed by atoms with Gasteiger partial charge in [0.05, 0.1) is 10.9 Å². The van der Waals surface area contributed by atoms with Crippen molar-refractivity contribution in [3.63, 3.8) is 0 Å². The Balaban J connectivity index is 1.88. The fraction of sp³-hybridized carbons (Fsp3) is 0.105. The third kappa shape index (κ3) is 2.88. The molecule has 0 saturated carbocycles. The third-order valence-corrected chi connectivity index (χ3v) is 4.28. The number of benzene rings is 1. The van der Waals surface area contributed by atoms with Crippen LogP contribution in [0.3, 0.4) is 0 Å². The van der Waals surface area contributed by atoms with Gasteiger partial charge in [0, 0.05) is 43.1 Å². The largest absolute Gasteiger partial charge is 0.477 e. The molecule has 0 radical (unpaired) electrons. The number of hydrogen-bond acceptors (Lipinski definition) is 6. The third-order valence-electron chi connectivity index (χ3n) is 4.28. The Hall–Kier alpha value is -4.01. The summed E-state index contributed by atoms with van der Waals surface area (Å²) in [6.45, 7) is 0. The molecule has 3 aromatic heterocycles. The van der Waals surface area contributed by atoms with Crippen LogP contribution in [0, 0.1) is 0 Å². The first-order valence-corrected chi connectivity index (χ1v) is 8.39. The van der Waals surface area contributed by atoms with Crippen LogP contribution in [0.1, 0.15) is 20.8 Å². The first-order chi connectivity index (χ1) is 13.5. The number of aromatic carboxylic acids is 1. The average Bonchev–Trinajstić information content (AvgIpc) is 3.14. The lowest BCUT2D eigenvalue weighted by Crippen LogP contribution is -2.21. The van der Waals surface area contributed by atoms with Gasteiger partial charge in [0.15, 0.2) is 5.69 Å². The Morgan fingerprint density at radius 1 is 1.21 bits per heavy atom. The van der Waals surface area contributed by atoms with E-state index >= 15 is 0 Å². The summed E-state index contributed by atoms with van der Waals surface area (Å²) < 4.78 is 0. The molecule has 4 aromatic rings. The van der Waals surface area contributed by atoms with Gasteiger partial charge in [-0.25, -0.2) is 9.78 Å². The molecule has 0 atom stereocenters. The molecule has 0 saturated heterocycles. The van der Waals surface area contributed by atoms with Gasteiger partial charge in [-0.1, -0.05) is 6.07 Å². The minimum atomic E-state index is -1.15. The number of rotatable bonds is 4. The van der Waals surface area contributed by atoms with Crippen molar-refractivity contribution in [3.05, 3.63) is 54.0 Å². The number of anilines is 2. The van der Waals surface area contributed by atoms with Crippen molar-refractivity contribution in [2.45, 2.75) is 0 Å². The van der Waals surface area contributed by atoms with Crippen molar-refractivity contribution in [2.24, 2.45) is 0 Å². The van der Waals surface area contributed by atoms with Crippen LogP contribution in [0.5, 0.6) is 0 Å².